The molecule has 0 aromatic heterocycles. The molecule has 25 heavy (non-hydrogen) atoms. The summed E-state index contributed by atoms with van der Waals surface area (Å²) in [6.07, 6.45) is -0.693. The number of nitrogens with one attached hydrogen (secondary N) is 2. The number of hydrogen-bond acceptors (Lipinski definition) is 5. The quantitative estimate of drug-likeness (QED) is 0.820. The maximum atomic E-state index is 12.6. The van der Waals surface area contributed by atoms with Gasteiger partial charge in [0.2, 0.25) is 0 Å². The molecule has 8 heteroatoms. The Bertz CT molecular complexity index is 865. The Morgan fingerprint density at radius 2 is 1.92 bits per heavy atom. The van der Waals surface area contributed by atoms with Crippen molar-refractivity contribution in [1.29, 1.82) is 0 Å². The van der Waals surface area contributed by atoms with Crippen LogP contribution in [0.2, 0.25) is 0 Å². The minimum absolute atomic E-state index is 0.0124. The number of carbonyl (C=O) groups excluding carboxylic acids is 1. The van der Waals surface area contributed by atoms with Gasteiger partial charge in [0.1, 0.15) is 5.75 Å². The van der Waals surface area contributed by atoms with Crippen LogP contribution in [0, 0.1) is 6.92 Å². The van der Waals surface area contributed by atoms with Gasteiger partial charge < -0.3 is 9.47 Å². The zero-order chi connectivity index (χ0) is 18.4. The molecule has 0 bridgehead atoms. The van der Waals surface area contributed by atoms with E-state index in [2.05, 4.69) is 10.0 Å². The van der Waals surface area contributed by atoms with Gasteiger partial charge in [-0.1, -0.05) is 12.1 Å². The standard InChI is InChI=1S/C17H20N2O5S/c1-4-24-17(20)18-15-11-14(8-9-16(15)23-3)25(21,22)19-13-7-5-6-12(2)10-13/h5-11,19H,4H2,1-3H3,(H,18,20). The first-order chi connectivity index (χ1) is 11.9. The van der Waals surface area contributed by atoms with E-state index in [-0.39, 0.29) is 17.2 Å². The normalized spacial score (nSPS) is 10.8. The summed E-state index contributed by atoms with van der Waals surface area (Å²) in [4.78, 5) is 11.6. The zero-order valence-electron chi connectivity index (χ0n) is 14.2. The summed E-state index contributed by atoms with van der Waals surface area (Å²) < 4.78 is 37.6. The van der Waals surface area contributed by atoms with Crippen molar-refractivity contribution in [2.75, 3.05) is 23.8 Å². The van der Waals surface area contributed by atoms with Gasteiger partial charge in [-0.05, 0) is 49.7 Å². The van der Waals surface area contributed by atoms with Crippen molar-refractivity contribution in [3.63, 3.8) is 0 Å². The average Bonchev–Trinajstić information content (AvgIpc) is 2.54. The monoisotopic (exact) mass is 364 g/mol. The van der Waals surface area contributed by atoms with E-state index in [1.807, 2.05) is 13.0 Å². The maximum absolute atomic E-state index is 12.6. The molecule has 0 fully saturated rings. The first-order valence-electron chi connectivity index (χ1n) is 7.57. The minimum atomic E-state index is -3.82. The first kappa shape index (κ1) is 18.6. The van der Waals surface area contributed by atoms with Crippen molar-refractivity contribution in [3.8, 4) is 5.75 Å². The Balaban J connectivity index is 2.32. The molecular weight excluding hydrogens is 344 g/mol. The SMILES string of the molecule is CCOC(=O)Nc1cc(S(=O)(=O)Nc2cccc(C)c2)ccc1OC. The Morgan fingerprint density at radius 3 is 2.56 bits per heavy atom. The molecule has 2 rings (SSSR count). The van der Waals surface area contributed by atoms with Crippen LogP contribution in [0.1, 0.15) is 12.5 Å². The third-order valence-electron chi connectivity index (χ3n) is 3.26. The molecule has 1 amide bonds. The number of benzene rings is 2. The summed E-state index contributed by atoms with van der Waals surface area (Å²) in [6.45, 7) is 3.73. The fourth-order valence-corrected chi connectivity index (χ4v) is 3.23. The van der Waals surface area contributed by atoms with Gasteiger partial charge in [0.15, 0.2) is 0 Å². The van der Waals surface area contributed by atoms with E-state index in [1.165, 1.54) is 25.3 Å². The Hall–Kier alpha value is -2.74. The van der Waals surface area contributed by atoms with Gasteiger partial charge in [-0.3, -0.25) is 10.0 Å². The van der Waals surface area contributed by atoms with E-state index in [0.29, 0.717) is 11.4 Å². The number of rotatable bonds is 6. The summed E-state index contributed by atoms with van der Waals surface area (Å²) in [5, 5.41) is 2.47. The fraction of sp³-hybridized carbons (Fsp3) is 0.235. The van der Waals surface area contributed by atoms with Crippen LogP contribution in [-0.4, -0.2) is 28.2 Å². The molecule has 0 saturated carbocycles. The Kier molecular flexibility index (Phi) is 5.87. The lowest BCUT2D eigenvalue weighted by atomic mass is 10.2. The Morgan fingerprint density at radius 1 is 1.16 bits per heavy atom. The van der Waals surface area contributed by atoms with Crippen molar-refractivity contribution >= 4 is 27.5 Å². The molecule has 0 atom stereocenters. The van der Waals surface area contributed by atoms with Gasteiger partial charge in [0, 0.05) is 5.69 Å². The molecule has 0 aliphatic carbocycles. The molecule has 134 valence electrons. The van der Waals surface area contributed by atoms with E-state index in [4.69, 9.17) is 9.47 Å². The van der Waals surface area contributed by atoms with Crippen molar-refractivity contribution in [2.45, 2.75) is 18.7 Å². The van der Waals surface area contributed by atoms with Gasteiger partial charge in [-0.25, -0.2) is 13.2 Å². The van der Waals surface area contributed by atoms with Crippen LogP contribution in [0.3, 0.4) is 0 Å². The zero-order valence-corrected chi connectivity index (χ0v) is 15.0. The molecule has 0 radical (unpaired) electrons. The number of amides is 1. The second-order valence-electron chi connectivity index (χ2n) is 5.18. The summed E-state index contributed by atoms with van der Waals surface area (Å²) in [5.41, 5.74) is 1.59. The van der Waals surface area contributed by atoms with E-state index < -0.39 is 16.1 Å². The third kappa shape index (κ3) is 4.87. The highest BCUT2D eigenvalue weighted by Gasteiger charge is 2.18. The number of hydrogen-bond donors (Lipinski definition) is 2. The molecule has 0 heterocycles. The van der Waals surface area contributed by atoms with Crippen molar-refractivity contribution in [2.24, 2.45) is 0 Å². The van der Waals surface area contributed by atoms with Crippen LogP contribution in [0.5, 0.6) is 5.75 Å². The lowest BCUT2D eigenvalue weighted by Crippen LogP contribution is -2.16. The maximum Gasteiger partial charge on any atom is 0.411 e. The number of anilines is 2. The second kappa shape index (κ2) is 7.89. The minimum Gasteiger partial charge on any atom is -0.495 e. The third-order valence-corrected chi connectivity index (χ3v) is 4.64. The topological polar surface area (TPSA) is 93.7 Å². The van der Waals surface area contributed by atoms with Crippen LogP contribution in [0.15, 0.2) is 47.4 Å². The van der Waals surface area contributed by atoms with E-state index in [0.717, 1.165) is 5.56 Å². The van der Waals surface area contributed by atoms with Gasteiger partial charge >= 0.3 is 6.09 Å². The van der Waals surface area contributed by atoms with Crippen molar-refractivity contribution in [1.82, 2.24) is 0 Å². The molecule has 0 saturated heterocycles. The number of ether oxygens (including phenoxy) is 2. The number of sulfonamides is 1. The summed E-state index contributed by atoms with van der Waals surface area (Å²) in [7, 11) is -2.40. The summed E-state index contributed by atoms with van der Waals surface area (Å²) >= 11 is 0. The summed E-state index contributed by atoms with van der Waals surface area (Å²) in [5.74, 6) is 0.322. The highest BCUT2D eigenvalue weighted by molar-refractivity contribution is 7.92. The molecule has 7 nitrogen and oxygen atoms in total. The average molecular weight is 364 g/mol. The largest absolute Gasteiger partial charge is 0.495 e. The van der Waals surface area contributed by atoms with Crippen LogP contribution in [-0.2, 0) is 14.8 Å². The number of methoxy groups -OCH3 is 1. The second-order valence-corrected chi connectivity index (χ2v) is 6.86. The van der Waals surface area contributed by atoms with Crippen LogP contribution in [0.4, 0.5) is 16.2 Å². The predicted molar refractivity (Wildman–Crippen MR) is 95.6 cm³/mol. The van der Waals surface area contributed by atoms with Gasteiger partial charge in [-0.2, -0.15) is 0 Å². The predicted octanol–water partition coefficient (Wildman–Crippen LogP) is 3.37. The van der Waals surface area contributed by atoms with Crippen LogP contribution >= 0.6 is 0 Å². The molecule has 0 unspecified atom stereocenters. The molecule has 2 aromatic carbocycles. The molecule has 0 aliphatic rings. The highest BCUT2D eigenvalue weighted by atomic mass is 32.2. The van der Waals surface area contributed by atoms with Crippen LogP contribution < -0.4 is 14.8 Å². The van der Waals surface area contributed by atoms with Gasteiger partial charge in [0.25, 0.3) is 10.0 Å². The Labute approximate surface area is 147 Å². The van der Waals surface area contributed by atoms with E-state index >= 15 is 0 Å². The molecule has 0 aliphatic heterocycles. The molecule has 0 spiro atoms. The van der Waals surface area contributed by atoms with Gasteiger partial charge in [0.05, 0.1) is 24.3 Å². The van der Waals surface area contributed by atoms with Crippen molar-refractivity contribution in [3.05, 3.63) is 48.0 Å². The highest BCUT2D eigenvalue weighted by Crippen LogP contribution is 2.28. The molecular formula is C17H20N2O5S. The molecule has 2 aromatic rings. The van der Waals surface area contributed by atoms with E-state index in [9.17, 15) is 13.2 Å². The molecule has 2 N–H and O–H groups in total. The van der Waals surface area contributed by atoms with E-state index in [1.54, 1.807) is 25.1 Å². The number of carbonyl (C=O) groups is 1. The lowest BCUT2D eigenvalue weighted by molar-refractivity contribution is 0.168. The van der Waals surface area contributed by atoms with Crippen LogP contribution in [0.25, 0.3) is 0 Å². The first-order valence-corrected chi connectivity index (χ1v) is 9.05. The fourth-order valence-electron chi connectivity index (χ4n) is 2.15. The van der Waals surface area contributed by atoms with Crippen molar-refractivity contribution < 1.29 is 22.7 Å². The smallest absolute Gasteiger partial charge is 0.411 e. The van der Waals surface area contributed by atoms with Gasteiger partial charge in [-0.15, -0.1) is 0 Å². The lowest BCUT2D eigenvalue weighted by Gasteiger charge is -2.13. The number of aryl methyl sites for hydroxylation is 1. The summed E-state index contributed by atoms with van der Waals surface area (Å²) in [6, 6.07) is 11.2.